The minimum atomic E-state index is -4.77. The maximum Gasteiger partial charge on any atom is 0.427 e. The summed E-state index contributed by atoms with van der Waals surface area (Å²) in [6.07, 6.45) is -4.12. The fourth-order valence-electron chi connectivity index (χ4n) is 4.34. The Morgan fingerprint density at radius 1 is 1.30 bits per heavy atom. The number of rotatable bonds is 6. The third kappa shape index (κ3) is 2.99. The molecule has 3 fully saturated rings. The molecule has 0 aromatic rings. The number of carbonyl (C=O) groups is 3. The van der Waals surface area contributed by atoms with E-state index in [4.69, 9.17) is 14.2 Å². The number of hydrogen-bond donors (Lipinski definition) is 0. The largest absolute Gasteiger partial charge is 0.458 e. The normalized spacial score (nSPS) is 34.5. The lowest BCUT2D eigenvalue weighted by molar-refractivity contribution is -0.261. The molecule has 1 saturated heterocycles. The Kier molecular flexibility index (Phi) is 4.71. The van der Waals surface area contributed by atoms with Crippen LogP contribution in [-0.4, -0.2) is 41.9 Å². The lowest BCUT2D eigenvalue weighted by Gasteiger charge is -2.34. The van der Waals surface area contributed by atoms with Crippen LogP contribution in [0.4, 0.5) is 13.2 Å². The number of hydrogen-bond acceptors (Lipinski definition) is 6. The summed E-state index contributed by atoms with van der Waals surface area (Å²) in [6.45, 7) is 3.42. The van der Waals surface area contributed by atoms with Gasteiger partial charge in [0.15, 0.2) is 5.41 Å². The van der Waals surface area contributed by atoms with Crippen LogP contribution in [0.3, 0.4) is 0 Å². The van der Waals surface area contributed by atoms with Crippen molar-refractivity contribution in [2.45, 2.75) is 76.9 Å². The van der Waals surface area contributed by atoms with Gasteiger partial charge in [0.05, 0.1) is 0 Å². The first-order valence-electron chi connectivity index (χ1n) is 9.14. The van der Waals surface area contributed by atoms with Gasteiger partial charge in [-0.25, -0.2) is 0 Å². The first kappa shape index (κ1) is 19.9. The van der Waals surface area contributed by atoms with Crippen molar-refractivity contribution in [3.05, 3.63) is 0 Å². The summed E-state index contributed by atoms with van der Waals surface area (Å²) in [4.78, 5) is 37.0. The second-order valence-electron chi connectivity index (χ2n) is 8.10. The summed E-state index contributed by atoms with van der Waals surface area (Å²) in [6, 6.07) is 0. The number of carbonyl (C=O) groups excluding carboxylic acids is 3. The number of halogens is 3. The Morgan fingerprint density at radius 2 is 1.96 bits per heavy atom. The highest BCUT2D eigenvalue weighted by Gasteiger charge is 2.76. The second kappa shape index (κ2) is 6.38. The van der Waals surface area contributed by atoms with E-state index in [1.807, 2.05) is 6.92 Å². The molecule has 6 nitrogen and oxygen atoms in total. The predicted molar refractivity (Wildman–Crippen MR) is 84.2 cm³/mol. The zero-order chi connectivity index (χ0) is 20.2. The van der Waals surface area contributed by atoms with Gasteiger partial charge in [0, 0.05) is 18.3 Å². The van der Waals surface area contributed by atoms with Crippen LogP contribution in [0.2, 0.25) is 0 Å². The molecule has 27 heavy (non-hydrogen) atoms. The summed E-state index contributed by atoms with van der Waals surface area (Å²) in [7, 11) is 0. The van der Waals surface area contributed by atoms with Crippen molar-refractivity contribution in [1.29, 1.82) is 0 Å². The first-order chi connectivity index (χ1) is 12.4. The van der Waals surface area contributed by atoms with Gasteiger partial charge in [-0.05, 0) is 33.1 Å². The van der Waals surface area contributed by atoms with Crippen molar-refractivity contribution < 1.29 is 41.8 Å². The summed E-state index contributed by atoms with van der Waals surface area (Å²) < 4.78 is 54.7. The molecule has 2 aliphatic carbocycles. The second-order valence-corrected chi connectivity index (χ2v) is 8.10. The molecule has 2 bridgehead atoms. The van der Waals surface area contributed by atoms with Gasteiger partial charge in [-0.1, -0.05) is 13.3 Å². The molecule has 0 aromatic heterocycles. The van der Waals surface area contributed by atoms with Crippen molar-refractivity contribution >= 4 is 17.9 Å². The van der Waals surface area contributed by atoms with Gasteiger partial charge in [-0.15, -0.1) is 0 Å². The molecule has 152 valence electrons. The molecular weight excluding hydrogens is 369 g/mol. The number of alkyl halides is 3. The quantitative estimate of drug-likeness (QED) is 0.393. The molecule has 5 unspecified atom stereocenters. The topological polar surface area (TPSA) is 78.9 Å². The van der Waals surface area contributed by atoms with Gasteiger partial charge in [0.2, 0.25) is 5.60 Å². The molecule has 0 amide bonds. The maximum atomic E-state index is 13.1. The first-order valence-corrected chi connectivity index (χ1v) is 9.14. The molecule has 1 heterocycles. The predicted octanol–water partition coefficient (Wildman–Crippen LogP) is 2.92. The molecule has 9 heteroatoms. The zero-order valence-electron chi connectivity index (χ0n) is 15.4. The SMILES string of the molecule is CCCCC(=O)OC1C2CC3C1OC(=O)C3(C(=O)OC(C)(C)C(F)(F)F)C2. The highest BCUT2D eigenvalue weighted by Crippen LogP contribution is 2.63. The van der Waals surface area contributed by atoms with E-state index in [0.717, 1.165) is 20.3 Å². The minimum Gasteiger partial charge on any atom is -0.458 e. The molecule has 1 aliphatic heterocycles. The van der Waals surface area contributed by atoms with Crippen LogP contribution in [0.5, 0.6) is 0 Å². The van der Waals surface area contributed by atoms with Crippen molar-refractivity contribution in [1.82, 2.24) is 0 Å². The molecule has 3 rings (SSSR count). The number of unbranched alkanes of at least 4 members (excludes halogenated alkanes) is 1. The fraction of sp³-hybridized carbons (Fsp3) is 0.833. The van der Waals surface area contributed by atoms with Crippen molar-refractivity contribution in [3.8, 4) is 0 Å². The van der Waals surface area contributed by atoms with E-state index in [0.29, 0.717) is 12.8 Å². The Hall–Kier alpha value is -1.80. The van der Waals surface area contributed by atoms with Gasteiger partial charge < -0.3 is 14.2 Å². The Balaban J connectivity index is 1.75. The molecule has 2 saturated carbocycles. The lowest BCUT2D eigenvalue weighted by atomic mass is 9.73. The average Bonchev–Trinajstić information content (AvgIpc) is 3.14. The summed E-state index contributed by atoms with van der Waals surface area (Å²) >= 11 is 0. The van der Waals surface area contributed by atoms with E-state index >= 15 is 0 Å². The van der Waals surface area contributed by atoms with Crippen LogP contribution in [0.1, 0.15) is 52.9 Å². The lowest BCUT2D eigenvalue weighted by Crippen LogP contribution is -2.51. The van der Waals surface area contributed by atoms with Gasteiger partial charge in [-0.3, -0.25) is 14.4 Å². The molecule has 0 spiro atoms. The Morgan fingerprint density at radius 3 is 2.56 bits per heavy atom. The van der Waals surface area contributed by atoms with Gasteiger partial charge in [0.25, 0.3) is 0 Å². The van der Waals surface area contributed by atoms with Crippen LogP contribution in [-0.2, 0) is 28.6 Å². The van der Waals surface area contributed by atoms with Crippen molar-refractivity contribution in [3.63, 3.8) is 0 Å². The maximum absolute atomic E-state index is 13.1. The fourth-order valence-corrected chi connectivity index (χ4v) is 4.34. The van der Waals surface area contributed by atoms with Gasteiger partial charge >= 0.3 is 24.1 Å². The van der Waals surface area contributed by atoms with Crippen LogP contribution in [0.25, 0.3) is 0 Å². The van der Waals surface area contributed by atoms with Crippen LogP contribution < -0.4 is 0 Å². The van der Waals surface area contributed by atoms with Crippen LogP contribution >= 0.6 is 0 Å². The standard InChI is InChI=1S/C18H23F3O6/c1-4-5-6-11(22)25-12-9-7-10-13(12)26-14(23)17(10,8-9)15(24)27-16(2,3)18(19,20)21/h9-10,12-13H,4-8H2,1-3H3. The molecular formula is C18H23F3O6. The zero-order valence-corrected chi connectivity index (χ0v) is 15.4. The smallest absolute Gasteiger partial charge is 0.427 e. The molecule has 0 aromatic carbocycles. The highest BCUT2D eigenvalue weighted by atomic mass is 19.4. The van der Waals surface area contributed by atoms with E-state index in [-0.39, 0.29) is 18.8 Å². The van der Waals surface area contributed by atoms with E-state index in [9.17, 15) is 27.6 Å². The Labute approximate surface area is 154 Å². The third-order valence-electron chi connectivity index (χ3n) is 5.96. The van der Waals surface area contributed by atoms with Crippen molar-refractivity contribution in [2.24, 2.45) is 17.3 Å². The average molecular weight is 392 g/mol. The van der Waals surface area contributed by atoms with Crippen molar-refractivity contribution in [2.75, 3.05) is 0 Å². The van der Waals surface area contributed by atoms with Crippen LogP contribution in [0.15, 0.2) is 0 Å². The monoisotopic (exact) mass is 392 g/mol. The molecule has 0 N–H and O–H groups in total. The molecule has 5 atom stereocenters. The third-order valence-corrected chi connectivity index (χ3v) is 5.96. The number of fused-ring (bicyclic) bond motifs is 1. The molecule has 0 radical (unpaired) electrons. The van der Waals surface area contributed by atoms with E-state index in [1.54, 1.807) is 0 Å². The van der Waals surface area contributed by atoms with E-state index in [2.05, 4.69) is 0 Å². The van der Waals surface area contributed by atoms with Gasteiger partial charge in [0.1, 0.15) is 12.2 Å². The summed E-state index contributed by atoms with van der Waals surface area (Å²) in [5.74, 6) is -3.42. The van der Waals surface area contributed by atoms with Crippen LogP contribution in [0, 0.1) is 17.3 Å². The molecule has 3 aliphatic rings. The van der Waals surface area contributed by atoms with Gasteiger partial charge in [-0.2, -0.15) is 13.2 Å². The summed E-state index contributed by atoms with van der Waals surface area (Å²) in [5, 5.41) is 0. The summed E-state index contributed by atoms with van der Waals surface area (Å²) in [5.41, 5.74) is -4.45. The highest BCUT2D eigenvalue weighted by molar-refractivity contribution is 6.03. The van der Waals surface area contributed by atoms with E-state index in [1.165, 1.54) is 0 Å². The minimum absolute atomic E-state index is 0.0223. The Bertz CT molecular complexity index is 658. The number of esters is 3. The number of ether oxygens (including phenoxy) is 3. The van der Waals surface area contributed by atoms with E-state index < -0.39 is 53.2 Å².